The molecule has 3 nitrogen and oxygen atoms in total. The largest absolute Gasteiger partial charge is 0.497 e. The van der Waals surface area contributed by atoms with Crippen LogP contribution < -0.4 is 4.74 Å². The van der Waals surface area contributed by atoms with Gasteiger partial charge in [0.2, 0.25) is 0 Å². The number of ether oxygens (including phenoxy) is 1. The average molecular weight is 201 g/mol. The highest BCUT2D eigenvalue weighted by Crippen LogP contribution is 2.22. The number of benzene rings is 1. The molecule has 0 spiro atoms. The summed E-state index contributed by atoms with van der Waals surface area (Å²) >= 11 is 0. The highest BCUT2D eigenvalue weighted by molar-refractivity contribution is 5.96. The maximum atomic E-state index is 10.9. The van der Waals surface area contributed by atoms with Gasteiger partial charge in [0.05, 0.1) is 12.6 Å². The number of rotatable bonds is 2. The smallest absolute Gasteiger partial charge is 0.150 e. The third kappa shape index (κ3) is 1.68. The van der Waals surface area contributed by atoms with Gasteiger partial charge in [0.25, 0.3) is 0 Å². The van der Waals surface area contributed by atoms with E-state index >= 15 is 0 Å². The first-order valence-electron chi connectivity index (χ1n) is 4.65. The highest BCUT2D eigenvalue weighted by atomic mass is 16.5. The number of carbonyl (C=O) groups excluding carboxylic acids is 1. The van der Waals surface area contributed by atoms with Gasteiger partial charge < -0.3 is 4.74 Å². The zero-order valence-electron chi connectivity index (χ0n) is 8.65. The lowest BCUT2D eigenvalue weighted by molar-refractivity contribution is 0.112. The molecule has 0 aliphatic heterocycles. The van der Waals surface area contributed by atoms with E-state index < -0.39 is 0 Å². The van der Waals surface area contributed by atoms with Crippen molar-refractivity contribution in [3.8, 4) is 5.75 Å². The molecule has 0 fully saturated rings. The van der Waals surface area contributed by atoms with Crippen molar-refractivity contribution >= 4 is 17.2 Å². The van der Waals surface area contributed by atoms with Gasteiger partial charge in [0.15, 0.2) is 6.29 Å². The Hall–Kier alpha value is -1.90. The molecule has 0 atom stereocenters. The van der Waals surface area contributed by atoms with Crippen LogP contribution in [0.4, 0.5) is 0 Å². The number of nitrogens with zero attached hydrogens (tertiary/aromatic N) is 1. The number of hydrogen-bond donors (Lipinski definition) is 0. The molecule has 0 amide bonds. The van der Waals surface area contributed by atoms with Crippen LogP contribution in [0.15, 0.2) is 24.3 Å². The lowest BCUT2D eigenvalue weighted by atomic mass is 10.1. The molecular weight excluding hydrogens is 190 g/mol. The van der Waals surface area contributed by atoms with Crippen molar-refractivity contribution in [1.29, 1.82) is 0 Å². The summed E-state index contributed by atoms with van der Waals surface area (Å²) in [6, 6.07) is 7.29. The first kappa shape index (κ1) is 9.65. The van der Waals surface area contributed by atoms with E-state index in [0.29, 0.717) is 5.56 Å². The van der Waals surface area contributed by atoms with E-state index in [1.54, 1.807) is 13.2 Å². The van der Waals surface area contributed by atoms with Crippen LogP contribution in [-0.2, 0) is 0 Å². The first-order chi connectivity index (χ1) is 7.24. The quantitative estimate of drug-likeness (QED) is 0.700. The molecule has 0 bridgehead atoms. The molecule has 2 rings (SSSR count). The first-order valence-corrected chi connectivity index (χ1v) is 4.65. The van der Waals surface area contributed by atoms with Crippen LogP contribution in [0.5, 0.6) is 5.75 Å². The van der Waals surface area contributed by atoms with Gasteiger partial charge in [-0.3, -0.25) is 9.78 Å². The minimum atomic E-state index is 0.667. The second-order valence-corrected chi connectivity index (χ2v) is 3.35. The van der Waals surface area contributed by atoms with Gasteiger partial charge in [0, 0.05) is 22.7 Å². The maximum Gasteiger partial charge on any atom is 0.150 e. The molecule has 15 heavy (non-hydrogen) atoms. The number of fused-ring (bicyclic) bond motifs is 1. The predicted octanol–water partition coefficient (Wildman–Crippen LogP) is 2.36. The predicted molar refractivity (Wildman–Crippen MR) is 58.4 cm³/mol. The Morgan fingerprint density at radius 3 is 2.80 bits per heavy atom. The maximum absolute atomic E-state index is 10.9. The number of pyridine rings is 1. The monoisotopic (exact) mass is 201 g/mol. The summed E-state index contributed by atoms with van der Waals surface area (Å²) < 4.78 is 5.11. The minimum Gasteiger partial charge on any atom is -0.497 e. The topological polar surface area (TPSA) is 39.2 Å². The third-order valence-electron chi connectivity index (χ3n) is 2.30. The van der Waals surface area contributed by atoms with Crippen molar-refractivity contribution in [2.24, 2.45) is 0 Å². The van der Waals surface area contributed by atoms with Gasteiger partial charge in [-0.1, -0.05) is 0 Å². The number of aryl methyl sites for hydroxylation is 1. The van der Waals surface area contributed by atoms with Gasteiger partial charge in [-0.05, 0) is 25.1 Å². The van der Waals surface area contributed by atoms with Crippen LogP contribution in [0.3, 0.4) is 0 Å². The zero-order chi connectivity index (χ0) is 10.8. The van der Waals surface area contributed by atoms with Crippen LogP contribution >= 0.6 is 0 Å². The number of hydrogen-bond acceptors (Lipinski definition) is 3. The van der Waals surface area contributed by atoms with E-state index in [0.717, 1.165) is 28.6 Å². The van der Waals surface area contributed by atoms with E-state index in [4.69, 9.17) is 4.74 Å². The molecule has 0 saturated carbocycles. The molecular formula is C12H11NO2. The normalized spacial score (nSPS) is 10.3. The third-order valence-corrected chi connectivity index (χ3v) is 2.30. The zero-order valence-corrected chi connectivity index (χ0v) is 8.65. The molecule has 2 aromatic rings. The molecule has 0 aliphatic rings. The van der Waals surface area contributed by atoms with E-state index in [-0.39, 0.29) is 0 Å². The molecule has 76 valence electrons. The summed E-state index contributed by atoms with van der Waals surface area (Å²) in [5.41, 5.74) is 2.29. The standard InChI is InChI=1S/C12H11NO2/c1-8-5-9(7-14)11-4-3-10(15-2)6-12(11)13-8/h3-7H,1-2H3. The summed E-state index contributed by atoms with van der Waals surface area (Å²) in [7, 11) is 1.61. The van der Waals surface area contributed by atoms with Crippen molar-refractivity contribution in [2.45, 2.75) is 6.92 Å². The lowest BCUT2D eigenvalue weighted by Gasteiger charge is -2.04. The summed E-state index contributed by atoms with van der Waals surface area (Å²) in [4.78, 5) is 15.2. The number of methoxy groups -OCH3 is 1. The molecule has 1 aromatic heterocycles. The van der Waals surface area contributed by atoms with E-state index in [1.165, 1.54) is 0 Å². The Kier molecular flexibility index (Phi) is 2.37. The molecule has 1 aromatic carbocycles. The van der Waals surface area contributed by atoms with Crippen LogP contribution in [0, 0.1) is 6.92 Å². The minimum absolute atomic E-state index is 0.667. The molecule has 1 heterocycles. The van der Waals surface area contributed by atoms with Crippen LogP contribution in [-0.4, -0.2) is 18.4 Å². The van der Waals surface area contributed by atoms with Gasteiger partial charge >= 0.3 is 0 Å². The summed E-state index contributed by atoms with van der Waals surface area (Å²) in [5, 5.41) is 0.858. The van der Waals surface area contributed by atoms with E-state index in [1.807, 2.05) is 25.1 Å². The van der Waals surface area contributed by atoms with E-state index in [9.17, 15) is 4.79 Å². The van der Waals surface area contributed by atoms with Gasteiger partial charge in [-0.25, -0.2) is 0 Å². The van der Waals surface area contributed by atoms with Crippen molar-refractivity contribution in [3.05, 3.63) is 35.5 Å². The summed E-state index contributed by atoms with van der Waals surface area (Å²) in [6.45, 7) is 1.87. The second-order valence-electron chi connectivity index (χ2n) is 3.35. The lowest BCUT2D eigenvalue weighted by Crippen LogP contribution is -1.91. The van der Waals surface area contributed by atoms with Crippen LogP contribution in [0.1, 0.15) is 16.1 Å². The van der Waals surface area contributed by atoms with Crippen molar-refractivity contribution in [3.63, 3.8) is 0 Å². The number of aromatic nitrogens is 1. The van der Waals surface area contributed by atoms with Crippen molar-refractivity contribution in [2.75, 3.05) is 7.11 Å². The Morgan fingerprint density at radius 1 is 1.33 bits per heavy atom. The summed E-state index contributed by atoms with van der Waals surface area (Å²) in [6.07, 6.45) is 0.851. The molecule has 3 heteroatoms. The Morgan fingerprint density at radius 2 is 2.13 bits per heavy atom. The fraction of sp³-hybridized carbons (Fsp3) is 0.167. The van der Waals surface area contributed by atoms with E-state index in [2.05, 4.69) is 4.98 Å². The second kappa shape index (κ2) is 3.69. The SMILES string of the molecule is COc1ccc2c(C=O)cc(C)nc2c1. The Labute approximate surface area is 87.7 Å². The van der Waals surface area contributed by atoms with Crippen LogP contribution in [0.25, 0.3) is 10.9 Å². The highest BCUT2D eigenvalue weighted by Gasteiger charge is 2.04. The fourth-order valence-electron chi connectivity index (χ4n) is 1.60. The van der Waals surface area contributed by atoms with Crippen molar-refractivity contribution < 1.29 is 9.53 Å². The van der Waals surface area contributed by atoms with Gasteiger partial charge in [-0.15, -0.1) is 0 Å². The molecule has 0 radical (unpaired) electrons. The Bertz CT molecular complexity index is 520. The fourth-order valence-corrected chi connectivity index (χ4v) is 1.60. The van der Waals surface area contributed by atoms with Crippen LogP contribution in [0.2, 0.25) is 0 Å². The Balaban J connectivity index is 2.77. The number of carbonyl (C=O) groups is 1. The number of aldehydes is 1. The van der Waals surface area contributed by atoms with Gasteiger partial charge in [0.1, 0.15) is 5.75 Å². The molecule has 0 N–H and O–H groups in total. The molecule has 0 unspecified atom stereocenters. The summed E-state index contributed by atoms with van der Waals surface area (Å²) in [5.74, 6) is 0.748. The van der Waals surface area contributed by atoms with Crippen molar-refractivity contribution in [1.82, 2.24) is 4.98 Å². The average Bonchev–Trinajstić information content (AvgIpc) is 2.26. The molecule has 0 aliphatic carbocycles. The molecule has 0 saturated heterocycles. The van der Waals surface area contributed by atoms with Gasteiger partial charge in [-0.2, -0.15) is 0 Å².